The molecule has 1 amide bonds. The van der Waals surface area contributed by atoms with Gasteiger partial charge in [-0.3, -0.25) is 9.20 Å². The van der Waals surface area contributed by atoms with E-state index in [0.29, 0.717) is 23.8 Å². The van der Waals surface area contributed by atoms with Gasteiger partial charge in [-0.15, -0.1) is 10.2 Å². The molecule has 3 rings (SSSR count). The average Bonchev–Trinajstić information content (AvgIpc) is 3.10. The van der Waals surface area contributed by atoms with Crippen molar-refractivity contribution in [2.75, 3.05) is 6.61 Å². The maximum absolute atomic E-state index is 12.4. The van der Waals surface area contributed by atoms with Gasteiger partial charge in [0.25, 0.3) is 5.78 Å². The summed E-state index contributed by atoms with van der Waals surface area (Å²) in [5.74, 6) is 0.371. The Balaban J connectivity index is 1.85. The summed E-state index contributed by atoms with van der Waals surface area (Å²) < 4.78 is 7.37. The topological polar surface area (TPSA) is 131 Å². The number of hydrogen-bond acceptors (Lipinski definition) is 7. The van der Waals surface area contributed by atoms with Gasteiger partial charge in [0.2, 0.25) is 5.91 Å². The third-order valence-corrected chi connectivity index (χ3v) is 4.02. The largest absolute Gasteiger partial charge is 0.374 e. The molecule has 3 N–H and O–H groups in total. The summed E-state index contributed by atoms with van der Waals surface area (Å²) in [5, 5.41) is 20.1. The van der Waals surface area contributed by atoms with Gasteiger partial charge in [-0.2, -0.15) is 5.26 Å². The molecule has 0 saturated carbocycles. The molecule has 0 aliphatic heterocycles. The SMILES string of the molecule is CC(C)(N)C(=O)N[C@H](COCc1ccccc1)c1nnc2ncc(C#N)cn12. The molecule has 3 aromatic rings. The summed E-state index contributed by atoms with van der Waals surface area (Å²) in [5.41, 5.74) is 6.19. The van der Waals surface area contributed by atoms with Crippen LogP contribution in [0.3, 0.4) is 0 Å². The number of hydrogen-bond donors (Lipinski definition) is 2. The van der Waals surface area contributed by atoms with Gasteiger partial charge in [-0.1, -0.05) is 30.3 Å². The number of rotatable bonds is 7. The Morgan fingerprint density at radius 3 is 2.79 bits per heavy atom. The van der Waals surface area contributed by atoms with Crippen LogP contribution in [-0.4, -0.2) is 37.6 Å². The van der Waals surface area contributed by atoms with E-state index in [4.69, 9.17) is 15.7 Å². The predicted molar refractivity (Wildman–Crippen MR) is 101 cm³/mol. The Morgan fingerprint density at radius 2 is 2.11 bits per heavy atom. The van der Waals surface area contributed by atoms with Gasteiger partial charge in [-0.05, 0) is 19.4 Å². The minimum Gasteiger partial charge on any atom is -0.374 e. The number of ether oxygens (including phenoxy) is 1. The van der Waals surface area contributed by atoms with Gasteiger partial charge < -0.3 is 15.8 Å². The van der Waals surface area contributed by atoms with Crippen LogP contribution in [0.25, 0.3) is 5.78 Å². The molecule has 0 fully saturated rings. The number of amides is 1. The highest BCUT2D eigenvalue weighted by Gasteiger charge is 2.28. The maximum atomic E-state index is 12.4. The third-order valence-electron chi connectivity index (χ3n) is 4.02. The Bertz CT molecular complexity index is 1000. The second-order valence-electron chi connectivity index (χ2n) is 6.93. The molecule has 2 aromatic heterocycles. The summed E-state index contributed by atoms with van der Waals surface area (Å²) in [6, 6.07) is 11.1. The molecule has 0 bridgehead atoms. The number of aromatic nitrogens is 4. The summed E-state index contributed by atoms with van der Waals surface area (Å²) in [6.07, 6.45) is 2.98. The summed E-state index contributed by atoms with van der Waals surface area (Å²) >= 11 is 0. The zero-order valence-electron chi connectivity index (χ0n) is 15.7. The van der Waals surface area contributed by atoms with Gasteiger partial charge >= 0.3 is 0 Å². The molecule has 0 unspecified atom stereocenters. The highest BCUT2D eigenvalue weighted by atomic mass is 16.5. The molecule has 28 heavy (non-hydrogen) atoms. The second kappa shape index (κ2) is 8.12. The predicted octanol–water partition coefficient (Wildman–Crippen LogP) is 1.11. The van der Waals surface area contributed by atoms with Crippen LogP contribution in [0.5, 0.6) is 0 Å². The fourth-order valence-electron chi connectivity index (χ4n) is 2.50. The monoisotopic (exact) mass is 379 g/mol. The van der Waals surface area contributed by atoms with E-state index in [1.807, 2.05) is 36.4 Å². The molecule has 1 aromatic carbocycles. The molecule has 9 heteroatoms. The van der Waals surface area contributed by atoms with Gasteiger partial charge in [-0.25, -0.2) is 4.98 Å². The molecule has 9 nitrogen and oxygen atoms in total. The third kappa shape index (κ3) is 4.49. The molecule has 144 valence electrons. The minimum absolute atomic E-state index is 0.147. The van der Waals surface area contributed by atoms with E-state index in [-0.39, 0.29) is 12.5 Å². The van der Waals surface area contributed by atoms with Gasteiger partial charge in [0, 0.05) is 6.20 Å². The fraction of sp³-hybridized carbons (Fsp3) is 0.316. The number of nitrogens with zero attached hydrogens (tertiary/aromatic N) is 5. The van der Waals surface area contributed by atoms with Crippen molar-refractivity contribution in [3.8, 4) is 6.07 Å². The van der Waals surface area contributed by atoms with E-state index in [9.17, 15) is 4.79 Å². The molecular formula is C19H21N7O2. The first-order chi connectivity index (χ1) is 13.4. The second-order valence-corrected chi connectivity index (χ2v) is 6.93. The van der Waals surface area contributed by atoms with Crippen molar-refractivity contribution in [1.82, 2.24) is 24.9 Å². The lowest BCUT2D eigenvalue weighted by Crippen LogP contribution is -2.50. The van der Waals surface area contributed by atoms with Gasteiger partial charge in [0.05, 0.1) is 30.5 Å². The Kier molecular flexibility index (Phi) is 5.63. The standard InChI is InChI=1S/C19H21N7O2/c1-19(2,21)17(27)23-15(12-28-11-13-6-4-3-5-7-13)16-24-25-18-22-9-14(8-20)10-26(16)18/h3-7,9-10,15H,11-12,21H2,1-2H3,(H,23,27)/t15-/m1/s1. The first kappa shape index (κ1) is 19.4. The first-order valence-electron chi connectivity index (χ1n) is 8.71. The minimum atomic E-state index is -1.08. The lowest BCUT2D eigenvalue weighted by atomic mass is 10.1. The number of carbonyl (C=O) groups excluding carboxylic acids is 1. The van der Waals surface area contributed by atoms with Crippen LogP contribution >= 0.6 is 0 Å². The Hall–Kier alpha value is -3.35. The van der Waals surface area contributed by atoms with E-state index in [1.54, 1.807) is 24.4 Å². The van der Waals surface area contributed by atoms with Crippen LogP contribution in [0.1, 0.15) is 36.8 Å². The normalized spacial score (nSPS) is 12.5. The average molecular weight is 379 g/mol. The van der Waals surface area contributed by atoms with Crippen molar-refractivity contribution in [3.05, 3.63) is 59.7 Å². The van der Waals surface area contributed by atoms with Crippen LogP contribution < -0.4 is 11.1 Å². The van der Waals surface area contributed by atoms with Crippen molar-refractivity contribution < 1.29 is 9.53 Å². The lowest BCUT2D eigenvalue weighted by molar-refractivity contribution is -0.126. The van der Waals surface area contributed by atoms with Crippen LogP contribution in [0, 0.1) is 11.3 Å². The van der Waals surface area contributed by atoms with Crippen LogP contribution in [0.2, 0.25) is 0 Å². The lowest BCUT2D eigenvalue weighted by Gasteiger charge is -2.23. The number of nitrogens with two attached hydrogens (primary N) is 1. The Morgan fingerprint density at radius 1 is 1.36 bits per heavy atom. The molecule has 0 aliphatic rings. The number of carbonyl (C=O) groups is 1. The van der Waals surface area contributed by atoms with E-state index in [0.717, 1.165) is 5.56 Å². The quantitative estimate of drug-likeness (QED) is 0.628. The van der Waals surface area contributed by atoms with Crippen LogP contribution in [0.4, 0.5) is 0 Å². The molecule has 1 atom stereocenters. The molecular weight excluding hydrogens is 358 g/mol. The van der Waals surface area contributed by atoms with Crippen molar-refractivity contribution >= 4 is 11.7 Å². The van der Waals surface area contributed by atoms with Crippen molar-refractivity contribution in [2.24, 2.45) is 5.73 Å². The number of nitriles is 1. The molecule has 2 heterocycles. The smallest absolute Gasteiger partial charge is 0.255 e. The zero-order chi connectivity index (χ0) is 20.1. The van der Waals surface area contributed by atoms with Crippen molar-refractivity contribution in [3.63, 3.8) is 0 Å². The molecule has 0 saturated heterocycles. The number of fused-ring (bicyclic) bond motifs is 1. The molecule has 0 spiro atoms. The van der Waals surface area contributed by atoms with Crippen molar-refractivity contribution in [2.45, 2.75) is 32.0 Å². The van der Waals surface area contributed by atoms with E-state index in [2.05, 4.69) is 20.5 Å². The molecule has 0 aliphatic carbocycles. The zero-order valence-corrected chi connectivity index (χ0v) is 15.7. The highest BCUT2D eigenvalue weighted by Crippen LogP contribution is 2.15. The van der Waals surface area contributed by atoms with E-state index < -0.39 is 11.6 Å². The summed E-state index contributed by atoms with van der Waals surface area (Å²) in [4.78, 5) is 16.5. The van der Waals surface area contributed by atoms with Crippen LogP contribution in [-0.2, 0) is 16.1 Å². The fourth-order valence-corrected chi connectivity index (χ4v) is 2.50. The maximum Gasteiger partial charge on any atom is 0.255 e. The van der Waals surface area contributed by atoms with Gasteiger partial charge in [0.1, 0.15) is 12.1 Å². The number of benzene rings is 1. The van der Waals surface area contributed by atoms with Gasteiger partial charge in [0.15, 0.2) is 5.82 Å². The molecule has 0 radical (unpaired) electrons. The number of nitrogens with one attached hydrogen (secondary N) is 1. The van der Waals surface area contributed by atoms with E-state index in [1.165, 1.54) is 6.20 Å². The van der Waals surface area contributed by atoms with Crippen LogP contribution in [0.15, 0.2) is 42.7 Å². The van der Waals surface area contributed by atoms with Crippen molar-refractivity contribution in [1.29, 1.82) is 5.26 Å². The Labute approximate surface area is 162 Å². The summed E-state index contributed by atoms with van der Waals surface area (Å²) in [7, 11) is 0. The highest BCUT2D eigenvalue weighted by molar-refractivity contribution is 5.85. The first-order valence-corrected chi connectivity index (χ1v) is 8.71. The van der Waals surface area contributed by atoms with E-state index >= 15 is 0 Å². The summed E-state index contributed by atoms with van der Waals surface area (Å²) in [6.45, 7) is 3.74.